The van der Waals surface area contributed by atoms with Crippen molar-refractivity contribution in [3.05, 3.63) is 28.6 Å². The summed E-state index contributed by atoms with van der Waals surface area (Å²) in [5.74, 6) is -0.335. The first kappa shape index (κ1) is 13.3. The van der Waals surface area contributed by atoms with E-state index in [1.54, 1.807) is 11.4 Å². The summed E-state index contributed by atoms with van der Waals surface area (Å²) >= 11 is 1.35. The minimum absolute atomic E-state index is 0.00862. The van der Waals surface area contributed by atoms with Crippen LogP contribution in [0.2, 0.25) is 0 Å². The van der Waals surface area contributed by atoms with Gasteiger partial charge in [-0.2, -0.15) is 0 Å². The molecule has 1 aromatic carbocycles. The van der Waals surface area contributed by atoms with Crippen LogP contribution in [0.15, 0.2) is 23.6 Å². The van der Waals surface area contributed by atoms with Crippen molar-refractivity contribution in [1.29, 1.82) is 0 Å². The summed E-state index contributed by atoms with van der Waals surface area (Å²) in [6.45, 7) is 1.50. The van der Waals surface area contributed by atoms with E-state index in [0.29, 0.717) is 16.3 Å². The normalized spacial score (nSPS) is 10.4. The fourth-order valence-corrected chi connectivity index (χ4v) is 2.14. The summed E-state index contributed by atoms with van der Waals surface area (Å²) in [5, 5.41) is 21.4. The molecule has 1 amide bonds. The number of carbonyl (C=O) groups excluding carboxylic acids is 1. The molecule has 0 fully saturated rings. The molecule has 19 heavy (non-hydrogen) atoms. The highest BCUT2D eigenvalue weighted by molar-refractivity contribution is 7.09. The number of rotatable bonds is 4. The molecule has 7 heteroatoms. The van der Waals surface area contributed by atoms with Crippen LogP contribution in [-0.2, 0) is 16.2 Å². The highest BCUT2D eigenvalue weighted by atomic mass is 32.1. The van der Waals surface area contributed by atoms with Gasteiger partial charge in [-0.25, -0.2) is 10.5 Å². The van der Waals surface area contributed by atoms with Crippen molar-refractivity contribution in [2.75, 3.05) is 0 Å². The third-order valence-electron chi connectivity index (χ3n) is 2.22. The number of amides is 1. The molecule has 3 N–H and O–H groups in total. The smallest absolute Gasteiger partial charge is 0.240 e. The summed E-state index contributed by atoms with van der Waals surface area (Å²) < 4.78 is 0. The van der Waals surface area contributed by atoms with Crippen molar-refractivity contribution in [1.82, 2.24) is 10.5 Å². The van der Waals surface area contributed by atoms with Gasteiger partial charge in [-0.3, -0.25) is 9.63 Å². The zero-order chi connectivity index (χ0) is 13.8. The Balaban J connectivity index is 2.10. The molecule has 0 bridgehead atoms. The number of thiazole rings is 1. The van der Waals surface area contributed by atoms with Gasteiger partial charge in [0.05, 0.1) is 5.69 Å². The van der Waals surface area contributed by atoms with Crippen LogP contribution in [0.4, 0.5) is 0 Å². The fraction of sp³-hybridized carbons (Fsp3) is 0.167. The molecule has 100 valence electrons. The van der Waals surface area contributed by atoms with Gasteiger partial charge in [0, 0.05) is 23.9 Å². The summed E-state index contributed by atoms with van der Waals surface area (Å²) in [5.41, 5.74) is 3.32. The number of phenols is 2. The van der Waals surface area contributed by atoms with Gasteiger partial charge < -0.3 is 10.2 Å². The second-order valence-corrected chi connectivity index (χ2v) is 4.72. The first-order chi connectivity index (χ1) is 9.06. The molecule has 6 nitrogen and oxygen atoms in total. The summed E-state index contributed by atoms with van der Waals surface area (Å²) in [4.78, 5) is 19.8. The van der Waals surface area contributed by atoms with Crippen LogP contribution in [0, 0.1) is 0 Å². The third-order valence-corrected chi connectivity index (χ3v) is 3.04. The number of carbonyl (C=O) groups is 1. The van der Waals surface area contributed by atoms with E-state index in [2.05, 4.69) is 10.5 Å². The van der Waals surface area contributed by atoms with Gasteiger partial charge >= 0.3 is 0 Å². The third kappa shape index (κ3) is 3.43. The highest BCUT2D eigenvalue weighted by Crippen LogP contribution is 2.32. The second kappa shape index (κ2) is 5.68. The molecule has 1 aromatic heterocycles. The van der Waals surface area contributed by atoms with Crippen LogP contribution in [0.3, 0.4) is 0 Å². The maximum Gasteiger partial charge on any atom is 0.240 e. The van der Waals surface area contributed by atoms with Gasteiger partial charge in [0.1, 0.15) is 23.1 Å². The molecule has 0 saturated carbocycles. The zero-order valence-electron chi connectivity index (χ0n) is 10.1. The van der Waals surface area contributed by atoms with E-state index in [1.807, 2.05) is 0 Å². The van der Waals surface area contributed by atoms with Crippen molar-refractivity contribution >= 4 is 17.2 Å². The molecular formula is C12H12N2O4S. The average molecular weight is 280 g/mol. The van der Waals surface area contributed by atoms with Crippen molar-refractivity contribution in [3.63, 3.8) is 0 Å². The van der Waals surface area contributed by atoms with Crippen LogP contribution < -0.4 is 5.48 Å². The Morgan fingerprint density at radius 2 is 2.26 bits per heavy atom. The van der Waals surface area contributed by atoms with Crippen LogP contribution in [0.25, 0.3) is 11.3 Å². The van der Waals surface area contributed by atoms with Crippen molar-refractivity contribution < 1.29 is 19.8 Å². The van der Waals surface area contributed by atoms with E-state index in [0.717, 1.165) is 0 Å². The number of aromatic nitrogens is 1. The average Bonchev–Trinajstić information content (AvgIpc) is 2.77. The molecular weight excluding hydrogens is 268 g/mol. The number of benzene rings is 1. The Kier molecular flexibility index (Phi) is 3.98. The maximum absolute atomic E-state index is 10.6. The fourth-order valence-electron chi connectivity index (χ4n) is 1.44. The standard InChI is InChI=1S/C12H12N2O4S/c1-7(15)14-18-5-12-13-10(6-19-12)9-3-2-8(16)4-11(9)17/h2-4,6,16-17H,5H2,1H3,(H,14,15). The van der Waals surface area contributed by atoms with Gasteiger partial charge in [-0.15, -0.1) is 11.3 Å². The molecule has 1 heterocycles. The van der Waals surface area contributed by atoms with Crippen molar-refractivity contribution in [3.8, 4) is 22.8 Å². The van der Waals surface area contributed by atoms with Crippen LogP contribution in [0.5, 0.6) is 11.5 Å². The SMILES string of the molecule is CC(=O)NOCc1nc(-c2ccc(O)cc2O)cs1. The van der Waals surface area contributed by atoms with Crippen molar-refractivity contribution in [2.24, 2.45) is 0 Å². The molecule has 0 radical (unpaired) electrons. The van der Waals surface area contributed by atoms with E-state index in [-0.39, 0.29) is 24.0 Å². The molecule has 2 aromatic rings. The topological polar surface area (TPSA) is 91.7 Å². The predicted molar refractivity (Wildman–Crippen MR) is 69.5 cm³/mol. The number of hydroxylamine groups is 1. The van der Waals surface area contributed by atoms with Gasteiger partial charge in [0.25, 0.3) is 0 Å². The van der Waals surface area contributed by atoms with Crippen LogP contribution in [-0.4, -0.2) is 21.1 Å². The molecule has 0 saturated heterocycles. The van der Waals surface area contributed by atoms with E-state index < -0.39 is 0 Å². The molecule has 2 rings (SSSR count). The Bertz CT molecular complexity index is 597. The summed E-state index contributed by atoms with van der Waals surface area (Å²) in [6.07, 6.45) is 0. The largest absolute Gasteiger partial charge is 0.508 e. The Morgan fingerprint density at radius 1 is 1.47 bits per heavy atom. The van der Waals surface area contributed by atoms with E-state index >= 15 is 0 Å². The maximum atomic E-state index is 10.6. The lowest BCUT2D eigenvalue weighted by molar-refractivity contribution is -0.132. The van der Waals surface area contributed by atoms with Gasteiger partial charge in [0.2, 0.25) is 5.91 Å². The predicted octanol–water partition coefficient (Wildman–Crippen LogP) is 1.79. The number of hydrogen-bond acceptors (Lipinski definition) is 6. The summed E-state index contributed by atoms with van der Waals surface area (Å²) in [7, 11) is 0. The number of aromatic hydroxyl groups is 2. The lowest BCUT2D eigenvalue weighted by Crippen LogP contribution is -2.19. The molecule has 0 aliphatic carbocycles. The van der Waals surface area contributed by atoms with Crippen LogP contribution in [0.1, 0.15) is 11.9 Å². The first-order valence-corrected chi connectivity index (χ1v) is 6.29. The second-order valence-electron chi connectivity index (χ2n) is 3.77. The first-order valence-electron chi connectivity index (χ1n) is 5.41. The minimum Gasteiger partial charge on any atom is -0.508 e. The molecule has 0 spiro atoms. The molecule has 0 aliphatic heterocycles. The summed E-state index contributed by atoms with van der Waals surface area (Å²) in [6, 6.07) is 4.31. The lowest BCUT2D eigenvalue weighted by Gasteiger charge is -2.02. The van der Waals surface area contributed by atoms with Gasteiger partial charge in [-0.05, 0) is 12.1 Å². The quantitative estimate of drug-likeness (QED) is 0.743. The zero-order valence-corrected chi connectivity index (χ0v) is 10.9. The van der Waals surface area contributed by atoms with Crippen molar-refractivity contribution in [2.45, 2.75) is 13.5 Å². The minimum atomic E-state index is -0.284. The van der Waals surface area contributed by atoms with E-state index in [1.165, 1.54) is 30.4 Å². The van der Waals surface area contributed by atoms with Gasteiger partial charge in [0.15, 0.2) is 0 Å². The molecule has 0 unspecified atom stereocenters. The van der Waals surface area contributed by atoms with E-state index in [4.69, 9.17) is 4.84 Å². The number of phenolic OH excluding ortho intramolecular Hbond substituents is 2. The Hall–Kier alpha value is -2.12. The van der Waals surface area contributed by atoms with Gasteiger partial charge in [-0.1, -0.05) is 0 Å². The van der Waals surface area contributed by atoms with E-state index in [9.17, 15) is 15.0 Å². The Morgan fingerprint density at radius 3 is 2.95 bits per heavy atom. The van der Waals surface area contributed by atoms with Crippen LogP contribution >= 0.6 is 11.3 Å². The monoisotopic (exact) mass is 280 g/mol. The number of hydrogen-bond donors (Lipinski definition) is 3. The number of nitrogens with zero attached hydrogens (tertiary/aromatic N) is 1. The number of nitrogens with one attached hydrogen (secondary N) is 1. The lowest BCUT2D eigenvalue weighted by atomic mass is 10.1. The molecule has 0 aliphatic rings. The Labute approximate surface area is 113 Å². The highest BCUT2D eigenvalue weighted by Gasteiger charge is 2.09. The molecule has 0 atom stereocenters.